The van der Waals surface area contributed by atoms with E-state index in [4.69, 9.17) is 0 Å². The summed E-state index contributed by atoms with van der Waals surface area (Å²) in [4.78, 5) is 24.5. The third-order valence-corrected chi connectivity index (χ3v) is 8.36. The fraction of sp³-hybridized carbons (Fsp3) is 0.652. The molecule has 2 N–H and O–H groups in total. The summed E-state index contributed by atoms with van der Waals surface area (Å²) in [5.41, 5.74) is 0.693. The maximum atomic E-state index is 15.3. The lowest BCUT2D eigenvalue weighted by Gasteiger charge is -2.60. The molecule has 0 spiro atoms. The molecule has 0 radical (unpaired) electrons. The Hall–Kier alpha value is -1.59. The SMILES string of the molecule is C=C1C(=C)[C@H]2[C@@H]3CC(F)C4=CC(=O)CC[C@]4(C)[C@H]3C(O)C[C@]2(C)[C@H]1C(=O)CO. The molecule has 4 aliphatic carbocycles. The van der Waals surface area contributed by atoms with E-state index < -0.39 is 35.6 Å². The zero-order valence-electron chi connectivity index (χ0n) is 16.6. The van der Waals surface area contributed by atoms with Crippen molar-refractivity contribution in [3.05, 3.63) is 36.0 Å². The lowest BCUT2D eigenvalue weighted by molar-refractivity contribution is -0.146. The van der Waals surface area contributed by atoms with Gasteiger partial charge in [-0.3, -0.25) is 9.59 Å². The summed E-state index contributed by atoms with van der Waals surface area (Å²) in [6, 6.07) is 0. The van der Waals surface area contributed by atoms with Crippen LogP contribution >= 0.6 is 0 Å². The van der Waals surface area contributed by atoms with Gasteiger partial charge in [-0.2, -0.15) is 0 Å². The maximum absolute atomic E-state index is 15.3. The van der Waals surface area contributed by atoms with Crippen molar-refractivity contribution in [2.24, 2.45) is 34.5 Å². The first-order chi connectivity index (χ1) is 13.1. The zero-order chi connectivity index (χ0) is 20.6. The Bertz CT molecular complexity index is 813. The van der Waals surface area contributed by atoms with E-state index in [1.807, 2.05) is 13.8 Å². The normalized spacial score (nSPS) is 47.9. The van der Waals surface area contributed by atoms with Gasteiger partial charge in [-0.15, -0.1) is 0 Å². The van der Waals surface area contributed by atoms with Crippen molar-refractivity contribution in [3.8, 4) is 0 Å². The average Bonchev–Trinajstić information content (AvgIpc) is 2.81. The van der Waals surface area contributed by atoms with E-state index in [1.54, 1.807) is 0 Å². The molecule has 3 fully saturated rings. The number of halogens is 1. The molecule has 2 unspecified atom stereocenters. The Labute approximate surface area is 165 Å². The maximum Gasteiger partial charge on any atom is 0.166 e. The Balaban J connectivity index is 1.83. The molecule has 0 aliphatic heterocycles. The zero-order valence-corrected chi connectivity index (χ0v) is 16.6. The fourth-order valence-electron chi connectivity index (χ4n) is 7.37. The first kappa shape index (κ1) is 19.7. The van der Waals surface area contributed by atoms with Gasteiger partial charge in [-0.1, -0.05) is 27.0 Å². The van der Waals surface area contributed by atoms with Crippen LogP contribution in [0.4, 0.5) is 4.39 Å². The van der Waals surface area contributed by atoms with Gasteiger partial charge in [0.25, 0.3) is 0 Å². The second-order valence-electron chi connectivity index (χ2n) is 9.74. The number of rotatable bonds is 2. The van der Waals surface area contributed by atoms with Gasteiger partial charge in [0.05, 0.1) is 12.0 Å². The van der Waals surface area contributed by atoms with Gasteiger partial charge in [0.1, 0.15) is 12.8 Å². The van der Waals surface area contributed by atoms with E-state index in [-0.39, 0.29) is 35.7 Å². The third-order valence-electron chi connectivity index (χ3n) is 8.36. The number of ketones is 2. The predicted molar refractivity (Wildman–Crippen MR) is 103 cm³/mol. The van der Waals surface area contributed by atoms with Crippen LogP contribution in [0.3, 0.4) is 0 Å². The number of alkyl halides is 1. The van der Waals surface area contributed by atoms with E-state index in [0.717, 1.165) is 5.57 Å². The summed E-state index contributed by atoms with van der Waals surface area (Å²) in [6.45, 7) is 11.6. The van der Waals surface area contributed by atoms with Crippen molar-refractivity contribution in [3.63, 3.8) is 0 Å². The van der Waals surface area contributed by atoms with Gasteiger partial charge in [-0.25, -0.2) is 4.39 Å². The highest BCUT2D eigenvalue weighted by molar-refractivity contribution is 5.92. The van der Waals surface area contributed by atoms with Crippen LogP contribution in [0.25, 0.3) is 0 Å². The molecule has 0 aromatic rings. The monoisotopic (exact) mass is 388 g/mol. The van der Waals surface area contributed by atoms with Crippen LogP contribution in [0.15, 0.2) is 36.0 Å². The van der Waals surface area contributed by atoms with Gasteiger partial charge in [0.15, 0.2) is 11.6 Å². The molecule has 0 bridgehead atoms. The van der Waals surface area contributed by atoms with Crippen molar-refractivity contribution in [1.82, 2.24) is 0 Å². The first-order valence-corrected chi connectivity index (χ1v) is 10.1. The molecule has 28 heavy (non-hydrogen) atoms. The molecule has 0 saturated heterocycles. The summed E-state index contributed by atoms with van der Waals surface area (Å²) in [5.74, 6) is -1.49. The van der Waals surface area contributed by atoms with Crippen LogP contribution in [-0.4, -0.2) is 40.7 Å². The second kappa shape index (κ2) is 6.20. The molecular weight excluding hydrogens is 359 g/mol. The van der Waals surface area contributed by atoms with Crippen LogP contribution in [0.2, 0.25) is 0 Å². The van der Waals surface area contributed by atoms with Gasteiger partial charge >= 0.3 is 0 Å². The lowest BCUT2D eigenvalue weighted by Crippen LogP contribution is -2.59. The number of carbonyl (C=O) groups excluding carboxylic acids is 2. The summed E-state index contributed by atoms with van der Waals surface area (Å²) in [7, 11) is 0. The van der Waals surface area contributed by atoms with Gasteiger partial charge in [0, 0.05) is 6.42 Å². The molecule has 0 heterocycles. The Kier molecular flexibility index (Phi) is 4.37. The molecule has 0 amide bonds. The summed E-state index contributed by atoms with van der Waals surface area (Å²) < 4.78 is 15.3. The van der Waals surface area contributed by atoms with Crippen molar-refractivity contribution < 1.29 is 24.2 Å². The van der Waals surface area contributed by atoms with Crippen molar-refractivity contribution in [2.45, 2.75) is 51.8 Å². The second-order valence-corrected chi connectivity index (χ2v) is 9.74. The Morgan fingerprint density at radius 1 is 1.32 bits per heavy atom. The molecule has 4 aliphatic rings. The molecule has 4 nitrogen and oxygen atoms in total. The minimum atomic E-state index is -1.24. The first-order valence-electron chi connectivity index (χ1n) is 10.1. The van der Waals surface area contributed by atoms with Crippen LogP contribution in [0.5, 0.6) is 0 Å². The largest absolute Gasteiger partial charge is 0.393 e. The van der Waals surface area contributed by atoms with E-state index in [9.17, 15) is 19.8 Å². The van der Waals surface area contributed by atoms with Gasteiger partial charge in [-0.05, 0) is 70.6 Å². The molecule has 152 valence electrons. The topological polar surface area (TPSA) is 74.6 Å². The summed E-state index contributed by atoms with van der Waals surface area (Å²) in [6.07, 6.45) is 0.998. The van der Waals surface area contributed by atoms with Crippen LogP contribution < -0.4 is 0 Å². The Morgan fingerprint density at radius 3 is 2.64 bits per heavy atom. The van der Waals surface area contributed by atoms with E-state index in [2.05, 4.69) is 13.2 Å². The van der Waals surface area contributed by atoms with E-state index in [1.165, 1.54) is 6.08 Å². The highest BCUT2D eigenvalue weighted by atomic mass is 19.1. The van der Waals surface area contributed by atoms with Gasteiger partial charge in [0.2, 0.25) is 0 Å². The third kappa shape index (κ3) is 2.35. The molecular formula is C23H29FO4. The number of fused-ring (bicyclic) bond motifs is 5. The van der Waals surface area contributed by atoms with Crippen LogP contribution in [0, 0.1) is 34.5 Å². The molecule has 3 saturated carbocycles. The predicted octanol–water partition coefficient (Wildman–Crippen LogP) is 2.95. The number of aliphatic hydroxyl groups excluding tert-OH is 2. The van der Waals surface area contributed by atoms with Gasteiger partial charge < -0.3 is 10.2 Å². The number of allylic oxidation sites excluding steroid dienone is 3. The average molecular weight is 388 g/mol. The van der Waals surface area contributed by atoms with E-state index >= 15 is 4.39 Å². The van der Waals surface area contributed by atoms with Crippen molar-refractivity contribution in [1.29, 1.82) is 0 Å². The van der Waals surface area contributed by atoms with Crippen LogP contribution in [-0.2, 0) is 9.59 Å². The minimum absolute atomic E-state index is 0.0454. The molecule has 0 aromatic heterocycles. The standard InChI is InChI=1S/C23H29FO4/c1-11-12(2)20(18(28)10-25)23(4)9-17(27)21-14(19(11)23)8-16(24)15-7-13(26)5-6-22(15,21)3/h7,14,16-17,19-21,25,27H,1-2,5-6,8-10H2,3-4H3/t14-,16?,17?,19-,20+,21+,22-,23-/m0/s1. The number of carbonyl (C=O) groups is 2. The number of Topliss-reactive ketones (excluding diaryl/α,β-unsaturated/α-hetero) is 1. The number of hydrogen-bond donors (Lipinski definition) is 2. The van der Waals surface area contributed by atoms with Crippen molar-refractivity contribution >= 4 is 11.6 Å². The summed E-state index contributed by atoms with van der Waals surface area (Å²) >= 11 is 0. The minimum Gasteiger partial charge on any atom is -0.393 e. The molecule has 0 aromatic carbocycles. The lowest BCUT2D eigenvalue weighted by atomic mass is 9.45. The number of hydrogen-bond acceptors (Lipinski definition) is 4. The quantitative estimate of drug-likeness (QED) is 0.763. The highest BCUT2D eigenvalue weighted by Crippen LogP contribution is 2.68. The fourth-order valence-corrected chi connectivity index (χ4v) is 7.37. The Morgan fingerprint density at radius 2 is 2.00 bits per heavy atom. The smallest absolute Gasteiger partial charge is 0.166 e. The number of aliphatic hydroxyl groups is 2. The van der Waals surface area contributed by atoms with E-state index in [0.29, 0.717) is 30.4 Å². The molecule has 5 heteroatoms. The summed E-state index contributed by atoms with van der Waals surface area (Å²) in [5, 5.41) is 20.7. The molecule has 4 rings (SSSR count). The highest BCUT2D eigenvalue weighted by Gasteiger charge is 2.66. The van der Waals surface area contributed by atoms with Crippen molar-refractivity contribution in [2.75, 3.05) is 6.61 Å². The van der Waals surface area contributed by atoms with Crippen LogP contribution in [0.1, 0.15) is 39.5 Å². The molecule has 8 atom stereocenters.